The Labute approximate surface area is 123 Å². The molecule has 0 bridgehead atoms. The molecule has 0 spiro atoms. The van der Waals surface area contributed by atoms with E-state index in [1.54, 1.807) is 18.2 Å². The summed E-state index contributed by atoms with van der Waals surface area (Å²) in [5.74, 6) is -0.284. The standard InChI is InChI=1S/C16H18FN3O/c17-13-7-5-12(6-8-13)14-11-15(19-18-14)16(21)20-9-3-1-2-4-10-20/h5-8,11H,1-4,9-10H2,(H,18,19). The van der Waals surface area contributed by atoms with E-state index in [2.05, 4.69) is 10.2 Å². The van der Waals surface area contributed by atoms with Gasteiger partial charge in [0, 0.05) is 18.7 Å². The second-order valence-corrected chi connectivity index (χ2v) is 5.38. The molecule has 1 aromatic heterocycles. The number of nitrogens with one attached hydrogen (secondary N) is 1. The lowest BCUT2D eigenvalue weighted by Gasteiger charge is -2.18. The first-order valence-corrected chi connectivity index (χ1v) is 7.35. The van der Waals surface area contributed by atoms with E-state index in [0.29, 0.717) is 11.4 Å². The van der Waals surface area contributed by atoms with Crippen molar-refractivity contribution in [2.45, 2.75) is 25.7 Å². The van der Waals surface area contributed by atoms with E-state index in [1.165, 1.54) is 25.0 Å². The van der Waals surface area contributed by atoms with Crippen LogP contribution < -0.4 is 0 Å². The summed E-state index contributed by atoms with van der Waals surface area (Å²) in [7, 11) is 0. The third kappa shape index (κ3) is 3.12. The van der Waals surface area contributed by atoms with Gasteiger partial charge in [0.15, 0.2) is 0 Å². The van der Waals surface area contributed by atoms with Crippen LogP contribution in [0.2, 0.25) is 0 Å². The molecular formula is C16H18FN3O. The second kappa shape index (κ2) is 6.08. The zero-order valence-electron chi connectivity index (χ0n) is 11.8. The fraction of sp³-hybridized carbons (Fsp3) is 0.375. The van der Waals surface area contributed by atoms with Crippen molar-refractivity contribution in [3.8, 4) is 11.3 Å². The molecule has 1 fully saturated rings. The summed E-state index contributed by atoms with van der Waals surface area (Å²) in [4.78, 5) is 14.3. The quantitative estimate of drug-likeness (QED) is 0.922. The van der Waals surface area contributed by atoms with E-state index in [9.17, 15) is 9.18 Å². The molecular weight excluding hydrogens is 269 g/mol. The van der Waals surface area contributed by atoms with Gasteiger partial charge < -0.3 is 4.90 Å². The van der Waals surface area contributed by atoms with Crippen molar-refractivity contribution in [3.05, 3.63) is 41.8 Å². The Morgan fingerprint density at radius 1 is 1.10 bits per heavy atom. The molecule has 1 aromatic carbocycles. The van der Waals surface area contributed by atoms with Gasteiger partial charge in [-0.1, -0.05) is 12.8 Å². The zero-order valence-corrected chi connectivity index (χ0v) is 11.8. The van der Waals surface area contributed by atoms with Crippen molar-refractivity contribution in [2.75, 3.05) is 13.1 Å². The van der Waals surface area contributed by atoms with E-state index in [0.717, 1.165) is 31.5 Å². The predicted molar refractivity (Wildman–Crippen MR) is 78.4 cm³/mol. The Morgan fingerprint density at radius 2 is 1.76 bits per heavy atom. The van der Waals surface area contributed by atoms with E-state index in [4.69, 9.17) is 0 Å². The first-order chi connectivity index (χ1) is 10.2. The van der Waals surface area contributed by atoms with Crippen LogP contribution >= 0.6 is 0 Å². The predicted octanol–water partition coefficient (Wildman–Crippen LogP) is 3.23. The molecule has 1 saturated heterocycles. The number of rotatable bonds is 2. The summed E-state index contributed by atoms with van der Waals surface area (Å²) < 4.78 is 12.9. The first kappa shape index (κ1) is 13.8. The van der Waals surface area contributed by atoms with Gasteiger partial charge in [0.05, 0.1) is 5.69 Å². The fourth-order valence-electron chi connectivity index (χ4n) is 2.64. The van der Waals surface area contributed by atoms with Gasteiger partial charge in [-0.3, -0.25) is 9.89 Å². The van der Waals surface area contributed by atoms with Crippen LogP contribution in [0.15, 0.2) is 30.3 Å². The van der Waals surface area contributed by atoms with Crippen LogP contribution in [0.1, 0.15) is 36.2 Å². The summed E-state index contributed by atoms with van der Waals surface area (Å²) in [5, 5.41) is 6.96. The average molecular weight is 287 g/mol. The van der Waals surface area contributed by atoms with E-state index in [1.807, 2.05) is 4.90 Å². The van der Waals surface area contributed by atoms with Gasteiger partial charge in [0.2, 0.25) is 0 Å². The lowest BCUT2D eigenvalue weighted by molar-refractivity contribution is 0.0755. The molecule has 2 heterocycles. The van der Waals surface area contributed by atoms with E-state index in [-0.39, 0.29) is 11.7 Å². The van der Waals surface area contributed by atoms with E-state index >= 15 is 0 Å². The number of halogens is 1. The number of nitrogens with zero attached hydrogens (tertiary/aromatic N) is 2. The van der Waals surface area contributed by atoms with Gasteiger partial charge in [-0.15, -0.1) is 0 Å². The third-order valence-corrected chi connectivity index (χ3v) is 3.84. The summed E-state index contributed by atoms with van der Waals surface area (Å²) in [5.41, 5.74) is 1.95. The smallest absolute Gasteiger partial charge is 0.271 e. The van der Waals surface area contributed by atoms with Crippen LogP contribution in [0.5, 0.6) is 0 Å². The summed E-state index contributed by atoms with van der Waals surface area (Å²) >= 11 is 0. The monoisotopic (exact) mass is 287 g/mol. The van der Waals surface area contributed by atoms with E-state index < -0.39 is 0 Å². The maximum atomic E-state index is 12.9. The number of benzene rings is 1. The van der Waals surface area contributed by atoms with Gasteiger partial charge in [0.1, 0.15) is 11.5 Å². The van der Waals surface area contributed by atoms with Crippen molar-refractivity contribution in [2.24, 2.45) is 0 Å². The average Bonchev–Trinajstić information content (AvgIpc) is 2.83. The van der Waals surface area contributed by atoms with Gasteiger partial charge >= 0.3 is 0 Å². The Morgan fingerprint density at radius 3 is 2.43 bits per heavy atom. The highest BCUT2D eigenvalue weighted by Gasteiger charge is 2.19. The van der Waals surface area contributed by atoms with Crippen molar-refractivity contribution < 1.29 is 9.18 Å². The fourth-order valence-corrected chi connectivity index (χ4v) is 2.64. The van der Waals surface area contributed by atoms with Gasteiger partial charge in [-0.05, 0) is 43.2 Å². The molecule has 110 valence electrons. The lowest BCUT2D eigenvalue weighted by Crippen LogP contribution is -2.32. The molecule has 0 radical (unpaired) electrons. The molecule has 5 heteroatoms. The van der Waals surface area contributed by atoms with Crippen molar-refractivity contribution in [3.63, 3.8) is 0 Å². The number of carbonyl (C=O) groups excluding carboxylic acids is 1. The summed E-state index contributed by atoms with van der Waals surface area (Å²) in [6.07, 6.45) is 4.50. The van der Waals surface area contributed by atoms with Gasteiger partial charge in [-0.25, -0.2) is 4.39 Å². The van der Waals surface area contributed by atoms with Crippen LogP contribution in [0.3, 0.4) is 0 Å². The van der Waals surface area contributed by atoms with Crippen molar-refractivity contribution in [1.82, 2.24) is 15.1 Å². The molecule has 0 saturated carbocycles. The molecule has 1 amide bonds. The number of aromatic nitrogens is 2. The minimum absolute atomic E-state index is 0.00207. The molecule has 0 aliphatic carbocycles. The number of carbonyl (C=O) groups is 1. The third-order valence-electron chi connectivity index (χ3n) is 3.84. The Hall–Kier alpha value is -2.17. The SMILES string of the molecule is O=C(c1cc(-c2ccc(F)cc2)n[nH]1)N1CCCCCC1. The van der Waals surface area contributed by atoms with Crippen LogP contribution in [-0.2, 0) is 0 Å². The second-order valence-electron chi connectivity index (χ2n) is 5.38. The number of likely N-dealkylation sites (tertiary alicyclic amines) is 1. The highest BCUT2D eigenvalue weighted by molar-refractivity contribution is 5.93. The number of aromatic amines is 1. The Kier molecular flexibility index (Phi) is 3.99. The van der Waals surface area contributed by atoms with Crippen LogP contribution in [0.25, 0.3) is 11.3 Å². The highest BCUT2D eigenvalue weighted by Crippen LogP contribution is 2.19. The lowest BCUT2D eigenvalue weighted by atomic mass is 10.1. The molecule has 0 atom stereocenters. The maximum absolute atomic E-state index is 12.9. The maximum Gasteiger partial charge on any atom is 0.271 e. The normalized spacial score (nSPS) is 15.8. The minimum atomic E-state index is -0.282. The number of amides is 1. The molecule has 2 aromatic rings. The summed E-state index contributed by atoms with van der Waals surface area (Å²) in [6.45, 7) is 1.62. The van der Waals surface area contributed by atoms with Crippen molar-refractivity contribution in [1.29, 1.82) is 0 Å². The molecule has 3 rings (SSSR count). The Balaban J connectivity index is 1.77. The largest absolute Gasteiger partial charge is 0.337 e. The number of H-pyrrole nitrogens is 1. The number of hydrogen-bond donors (Lipinski definition) is 1. The molecule has 4 nitrogen and oxygen atoms in total. The minimum Gasteiger partial charge on any atom is -0.337 e. The van der Waals surface area contributed by atoms with Crippen LogP contribution in [0.4, 0.5) is 4.39 Å². The molecule has 1 aliphatic rings. The zero-order chi connectivity index (χ0) is 14.7. The molecule has 0 unspecified atom stereocenters. The summed E-state index contributed by atoms with van der Waals surface area (Å²) in [6, 6.07) is 7.83. The first-order valence-electron chi connectivity index (χ1n) is 7.35. The van der Waals surface area contributed by atoms with Gasteiger partial charge in [-0.2, -0.15) is 5.10 Å². The molecule has 1 N–H and O–H groups in total. The number of hydrogen-bond acceptors (Lipinski definition) is 2. The molecule has 1 aliphatic heterocycles. The van der Waals surface area contributed by atoms with Crippen LogP contribution in [-0.4, -0.2) is 34.1 Å². The van der Waals surface area contributed by atoms with Crippen LogP contribution in [0, 0.1) is 5.82 Å². The molecule has 21 heavy (non-hydrogen) atoms. The highest BCUT2D eigenvalue weighted by atomic mass is 19.1. The topological polar surface area (TPSA) is 49.0 Å². The van der Waals surface area contributed by atoms with Gasteiger partial charge in [0.25, 0.3) is 5.91 Å². The Bertz CT molecular complexity index is 613. The van der Waals surface area contributed by atoms with Crippen molar-refractivity contribution >= 4 is 5.91 Å².